The quantitative estimate of drug-likeness (QED) is 0.128. The number of hydrogen-bond donors (Lipinski definition) is 2. The van der Waals surface area contributed by atoms with Gasteiger partial charge < -0.3 is 39.1 Å². The summed E-state index contributed by atoms with van der Waals surface area (Å²) in [5, 5.41) is 5.61. The molecule has 0 bridgehead atoms. The summed E-state index contributed by atoms with van der Waals surface area (Å²) in [5.74, 6) is 2.13. The van der Waals surface area contributed by atoms with Crippen molar-refractivity contribution in [1.82, 2.24) is 10.6 Å². The molecule has 3 rings (SSSR count). The first kappa shape index (κ1) is 33.7. The molecule has 2 amide bonds. The average molecular weight is 605 g/mol. The Labute approximate surface area is 258 Å². The van der Waals surface area contributed by atoms with Crippen LogP contribution in [0.2, 0.25) is 0 Å². The first-order chi connectivity index (χ1) is 21.6. The molecular weight excluding hydrogens is 564 g/mol. The Kier molecular flexibility index (Phi) is 15.4. The van der Waals surface area contributed by atoms with Gasteiger partial charge in [0, 0.05) is 11.1 Å². The lowest BCUT2D eigenvalue weighted by Crippen LogP contribution is -2.30. The van der Waals surface area contributed by atoms with Crippen LogP contribution in [-0.2, 0) is 9.47 Å². The highest BCUT2D eigenvalue weighted by atomic mass is 16.5. The van der Waals surface area contributed by atoms with Crippen LogP contribution in [0.5, 0.6) is 23.0 Å². The van der Waals surface area contributed by atoms with Gasteiger partial charge in [-0.1, -0.05) is 18.2 Å². The molecule has 0 saturated heterocycles. The molecule has 0 atom stereocenters. The Morgan fingerprint density at radius 1 is 0.545 bits per heavy atom. The third-order valence-electron chi connectivity index (χ3n) is 5.81. The fraction of sp³-hybridized carbons (Fsp3) is 0.294. The Morgan fingerprint density at radius 3 is 1.27 bits per heavy atom. The summed E-state index contributed by atoms with van der Waals surface area (Å²) in [6, 6.07) is 20.9. The molecule has 0 fully saturated rings. The van der Waals surface area contributed by atoms with Crippen molar-refractivity contribution < 1.29 is 38.0 Å². The van der Waals surface area contributed by atoms with Crippen LogP contribution in [-0.4, -0.2) is 77.8 Å². The Bertz CT molecular complexity index is 1200. The van der Waals surface area contributed by atoms with Crippen LogP contribution in [0, 0.1) is 0 Å². The Hall–Kier alpha value is -4.80. The van der Waals surface area contributed by atoms with Crippen molar-refractivity contribution in [3.8, 4) is 23.0 Å². The number of benzene rings is 3. The minimum absolute atomic E-state index is 0.280. The lowest BCUT2D eigenvalue weighted by Gasteiger charge is -2.11. The van der Waals surface area contributed by atoms with Gasteiger partial charge in [-0.15, -0.1) is 13.2 Å². The number of rotatable bonds is 22. The molecule has 0 radical (unpaired) electrons. The van der Waals surface area contributed by atoms with Gasteiger partial charge in [0.25, 0.3) is 11.8 Å². The molecule has 0 heterocycles. The van der Waals surface area contributed by atoms with E-state index >= 15 is 0 Å². The first-order valence-electron chi connectivity index (χ1n) is 14.3. The van der Waals surface area contributed by atoms with Gasteiger partial charge in [-0.2, -0.15) is 0 Å². The van der Waals surface area contributed by atoms with E-state index in [4.69, 9.17) is 28.4 Å². The molecule has 3 aromatic rings. The van der Waals surface area contributed by atoms with Gasteiger partial charge in [0.05, 0.1) is 39.5 Å². The number of nitrogens with one attached hydrogen (secondary N) is 2. The van der Waals surface area contributed by atoms with Crippen molar-refractivity contribution >= 4 is 11.8 Å². The van der Waals surface area contributed by atoms with Crippen molar-refractivity contribution in [1.29, 1.82) is 0 Å². The van der Waals surface area contributed by atoms with Crippen molar-refractivity contribution in [3.63, 3.8) is 0 Å². The fourth-order valence-electron chi connectivity index (χ4n) is 3.71. The topological polar surface area (TPSA) is 114 Å². The maximum Gasteiger partial charge on any atom is 0.251 e. The average Bonchev–Trinajstić information content (AvgIpc) is 3.06. The molecular formula is C34H40N2O8. The molecule has 44 heavy (non-hydrogen) atoms. The van der Waals surface area contributed by atoms with E-state index in [1.165, 1.54) is 0 Å². The van der Waals surface area contributed by atoms with E-state index in [1.807, 2.05) is 24.3 Å². The molecule has 0 aliphatic heterocycles. The summed E-state index contributed by atoms with van der Waals surface area (Å²) < 4.78 is 33.1. The summed E-state index contributed by atoms with van der Waals surface area (Å²) in [6.45, 7) is 11.2. The number of hydrogen-bond acceptors (Lipinski definition) is 8. The van der Waals surface area contributed by atoms with E-state index in [2.05, 4.69) is 23.8 Å². The van der Waals surface area contributed by atoms with Crippen molar-refractivity contribution in [2.75, 3.05) is 65.9 Å². The van der Waals surface area contributed by atoms with Gasteiger partial charge in [0.1, 0.15) is 49.4 Å². The van der Waals surface area contributed by atoms with Gasteiger partial charge >= 0.3 is 0 Å². The number of carbonyl (C=O) groups excluding carboxylic acids is 2. The molecule has 3 aromatic carbocycles. The smallest absolute Gasteiger partial charge is 0.251 e. The molecule has 10 nitrogen and oxygen atoms in total. The number of carbonyl (C=O) groups is 2. The second-order valence-electron chi connectivity index (χ2n) is 9.16. The summed E-state index contributed by atoms with van der Waals surface area (Å²) >= 11 is 0. The van der Waals surface area contributed by atoms with Crippen LogP contribution in [0.15, 0.2) is 98.1 Å². The molecule has 0 aliphatic rings. The zero-order valence-corrected chi connectivity index (χ0v) is 24.8. The lowest BCUT2D eigenvalue weighted by atomic mass is 10.1. The van der Waals surface area contributed by atoms with E-state index in [9.17, 15) is 9.59 Å². The van der Waals surface area contributed by atoms with Gasteiger partial charge in [-0.05, 0) is 66.7 Å². The third-order valence-corrected chi connectivity index (χ3v) is 5.81. The fourth-order valence-corrected chi connectivity index (χ4v) is 3.71. The Balaban J connectivity index is 1.31. The van der Waals surface area contributed by atoms with Crippen LogP contribution in [0.25, 0.3) is 0 Å². The molecule has 2 N–H and O–H groups in total. The van der Waals surface area contributed by atoms with E-state index in [-0.39, 0.29) is 25.0 Å². The maximum atomic E-state index is 12.6. The molecule has 10 heteroatoms. The zero-order chi connectivity index (χ0) is 31.2. The van der Waals surface area contributed by atoms with Gasteiger partial charge in [0.15, 0.2) is 0 Å². The predicted molar refractivity (Wildman–Crippen MR) is 168 cm³/mol. The molecule has 0 saturated carbocycles. The standard InChI is InChI=1S/C34H40N2O8/c1-3-18-39-22-24-43-31-12-8-29(9-13-31)41-20-16-35-33(37)27-6-5-7-28(26-27)34(38)36-17-21-42-30-10-14-32(15-11-30)44-25-23-40-19-4-2/h3-15,26H,1-2,16-25H2,(H,35,37)(H,36,38). The minimum Gasteiger partial charge on any atom is -0.492 e. The van der Waals surface area contributed by atoms with Crippen LogP contribution in [0.3, 0.4) is 0 Å². The van der Waals surface area contributed by atoms with Gasteiger partial charge in [-0.3, -0.25) is 9.59 Å². The van der Waals surface area contributed by atoms with Crippen molar-refractivity contribution in [2.45, 2.75) is 0 Å². The van der Waals surface area contributed by atoms with Crippen molar-refractivity contribution in [3.05, 3.63) is 109 Å². The van der Waals surface area contributed by atoms with Crippen molar-refractivity contribution in [2.24, 2.45) is 0 Å². The molecule has 0 aliphatic carbocycles. The molecule has 0 unspecified atom stereocenters. The number of ether oxygens (including phenoxy) is 6. The summed E-state index contributed by atoms with van der Waals surface area (Å²) in [4.78, 5) is 25.2. The third kappa shape index (κ3) is 13.0. The lowest BCUT2D eigenvalue weighted by molar-refractivity contribution is 0.0946. The van der Waals surface area contributed by atoms with E-state index in [0.29, 0.717) is 86.9 Å². The summed E-state index contributed by atoms with van der Waals surface area (Å²) in [6.07, 6.45) is 3.38. The summed E-state index contributed by atoms with van der Waals surface area (Å²) in [5.41, 5.74) is 0.754. The van der Waals surface area contributed by atoms with E-state index in [1.54, 1.807) is 60.7 Å². The van der Waals surface area contributed by atoms with Crippen LogP contribution >= 0.6 is 0 Å². The summed E-state index contributed by atoms with van der Waals surface area (Å²) in [7, 11) is 0. The largest absolute Gasteiger partial charge is 0.492 e. The molecule has 0 spiro atoms. The SMILES string of the molecule is C=CCOCCOc1ccc(OCCNC(=O)c2cccc(C(=O)NCCOc3ccc(OCCOCC=C)cc3)c2)cc1. The first-order valence-corrected chi connectivity index (χ1v) is 14.3. The normalized spacial score (nSPS) is 10.4. The van der Waals surface area contributed by atoms with E-state index in [0.717, 1.165) is 0 Å². The zero-order valence-electron chi connectivity index (χ0n) is 24.8. The highest BCUT2D eigenvalue weighted by molar-refractivity contribution is 5.99. The predicted octanol–water partition coefficient (Wildman–Crippen LogP) is 4.47. The van der Waals surface area contributed by atoms with Gasteiger partial charge in [-0.25, -0.2) is 0 Å². The van der Waals surface area contributed by atoms with Crippen LogP contribution in [0.1, 0.15) is 20.7 Å². The monoisotopic (exact) mass is 604 g/mol. The van der Waals surface area contributed by atoms with Crippen LogP contribution < -0.4 is 29.6 Å². The minimum atomic E-state index is -0.300. The Morgan fingerprint density at radius 2 is 0.909 bits per heavy atom. The molecule has 234 valence electrons. The molecule has 0 aromatic heterocycles. The van der Waals surface area contributed by atoms with Crippen LogP contribution in [0.4, 0.5) is 0 Å². The second-order valence-corrected chi connectivity index (χ2v) is 9.16. The van der Waals surface area contributed by atoms with E-state index < -0.39 is 0 Å². The van der Waals surface area contributed by atoms with Gasteiger partial charge in [0.2, 0.25) is 0 Å². The number of amides is 2. The second kappa shape index (κ2) is 20.2. The highest BCUT2D eigenvalue weighted by Gasteiger charge is 2.10. The highest BCUT2D eigenvalue weighted by Crippen LogP contribution is 2.18. The maximum absolute atomic E-state index is 12.6.